The van der Waals surface area contributed by atoms with Gasteiger partial charge in [0, 0.05) is 17.1 Å². The first-order chi connectivity index (χ1) is 10.1. The normalized spacial score (nSPS) is 11.0. The summed E-state index contributed by atoms with van der Waals surface area (Å²) in [6, 6.07) is 9.31. The highest BCUT2D eigenvalue weighted by atomic mass is 35.5. The van der Waals surface area contributed by atoms with Gasteiger partial charge in [-0.15, -0.1) is 11.3 Å². The molecule has 0 spiro atoms. The van der Waals surface area contributed by atoms with Crippen LogP contribution in [0.1, 0.15) is 10.4 Å². The smallest absolute Gasteiger partial charge is 0.184 e. The van der Waals surface area contributed by atoms with E-state index in [1.807, 2.05) is 35.0 Å². The predicted molar refractivity (Wildman–Crippen MR) is 87.2 cm³/mol. The average molecular weight is 340 g/mol. The third kappa shape index (κ3) is 2.79. The third-order valence-corrected chi connectivity index (χ3v) is 4.74. The van der Waals surface area contributed by atoms with Crippen LogP contribution in [0.3, 0.4) is 0 Å². The minimum absolute atomic E-state index is 0.0588. The Morgan fingerprint density at radius 1 is 1.29 bits per heavy atom. The van der Waals surface area contributed by atoms with Crippen LogP contribution in [0.15, 0.2) is 36.5 Å². The molecular weight excluding hydrogens is 329 g/mol. The number of carbonyl (C=O) groups excluding carboxylic acids is 1. The second-order valence-corrected chi connectivity index (χ2v) is 6.82. The number of thiophene rings is 1. The zero-order chi connectivity index (χ0) is 15.0. The fourth-order valence-electron chi connectivity index (χ4n) is 2.21. The molecule has 6 heteroatoms. The molecule has 0 bridgehead atoms. The van der Waals surface area contributed by atoms with E-state index in [0.29, 0.717) is 14.2 Å². The molecule has 3 aromatic rings. The molecule has 2 heterocycles. The SMILES string of the molecule is COc1ccc2c(ccn2CC(=O)c2cc(Cl)sc2Cl)c1. The predicted octanol–water partition coefficient (Wildman–Crippen LogP) is 4.90. The summed E-state index contributed by atoms with van der Waals surface area (Å²) >= 11 is 13.1. The van der Waals surface area contributed by atoms with Gasteiger partial charge in [0.15, 0.2) is 5.78 Å². The molecule has 0 aliphatic carbocycles. The Balaban J connectivity index is 1.91. The number of ketones is 1. The van der Waals surface area contributed by atoms with Gasteiger partial charge in [0.2, 0.25) is 0 Å². The lowest BCUT2D eigenvalue weighted by atomic mass is 10.2. The zero-order valence-electron chi connectivity index (χ0n) is 11.1. The van der Waals surface area contributed by atoms with Crippen LogP contribution in [-0.4, -0.2) is 17.5 Å². The molecule has 0 aliphatic heterocycles. The van der Waals surface area contributed by atoms with Crippen LogP contribution < -0.4 is 4.74 Å². The van der Waals surface area contributed by atoms with Crippen LogP contribution in [0.25, 0.3) is 10.9 Å². The molecule has 108 valence electrons. The van der Waals surface area contributed by atoms with Gasteiger partial charge in [-0.25, -0.2) is 0 Å². The van der Waals surface area contributed by atoms with Crippen molar-refractivity contribution in [1.29, 1.82) is 0 Å². The van der Waals surface area contributed by atoms with Crippen molar-refractivity contribution in [3.63, 3.8) is 0 Å². The summed E-state index contributed by atoms with van der Waals surface area (Å²) in [4.78, 5) is 12.3. The van der Waals surface area contributed by atoms with Crippen LogP contribution in [-0.2, 0) is 6.54 Å². The van der Waals surface area contributed by atoms with Crippen LogP contribution in [0.4, 0.5) is 0 Å². The minimum atomic E-state index is -0.0588. The van der Waals surface area contributed by atoms with E-state index in [1.54, 1.807) is 13.2 Å². The zero-order valence-corrected chi connectivity index (χ0v) is 13.4. The van der Waals surface area contributed by atoms with Crippen molar-refractivity contribution in [2.24, 2.45) is 0 Å². The van der Waals surface area contributed by atoms with Gasteiger partial charge in [-0.3, -0.25) is 4.79 Å². The van der Waals surface area contributed by atoms with Crippen molar-refractivity contribution >= 4 is 51.2 Å². The number of benzene rings is 1. The van der Waals surface area contributed by atoms with E-state index in [2.05, 4.69) is 0 Å². The van der Waals surface area contributed by atoms with Gasteiger partial charge >= 0.3 is 0 Å². The topological polar surface area (TPSA) is 31.2 Å². The van der Waals surface area contributed by atoms with Crippen LogP contribution in [0, 0.1) is 0 Å². The number of rotatable bonds is 4. The number of halogens is 2. The lowest BCUT2D eigenvalue weighted by Gasteiger charge is -2.05. The van der Waals surface area contributed by atoms with Gasteiger partial charge in [-0.2, -0.15) is 0 Å². The highest BCUT2D eigenvalue weighted by Crippen LogP contribution is 2.32. The number of hydrogen-bond acceptors (Lipinski definition) is 3. The van der Waals surface area contributed by atoms with E-state index >= 15 is 0 Å². The molecule has 0 amide bonds. The van der Waals surface area contributed by atoms with Crippen molar-refractivity contribution in [3.8, 4) is 5.75 Å². The summed E-state index contributed by atoms with van der Waals surface area (Å²) in [7, 11) is 1.63. The average Bonchev–Trinajstić information content (AvgIpc) is 3.01. The molecule has 2 aromatic heterocycles. The van der Waals surface area contributed by atoms with Gasteiger partial charge in [0.25, 0.3) is 0 Å². The highest BCUT2D eigenvalue weighted by Gasteiger charge is 2.15. The number of nitrogens with zero attached hydrogens (tertiary/aromatic N) is 1. The summed E-state index contributed by atoms with van der Waals surface area (Å²) in [5, 5.41) is 1.02. The second-order valence-electron chi connectivity index (χ2n) is 4.53. The largest absolute Gasteiger partial charge is 0.497 e. The molecule has 0 atom stereocenters. The van der Waals surface area contributed by atoms with E-state index in [1.165, 1.54) is 11.3 Å². The Morgan fingerprint density at radius 3 is 2.76 bits per heavy atom. The molecule has 1 aromatic carbocycles. The standard InChI is InChI=1S/C15H11Cl2NO2S/c1-20-10-2-3-12-9(6-10)4-5-18(12)8-13(19)11-7-14(16)21-15(11)17/h2-7H,8H2,1H3. The Labute approximate surface area is 135 Å². The second kappa shape index (κ2) is 5.72. The van der Waals surface area contributed by atoms with Crippen LogP contribution in [0.2, 0.25) is 8.67 Å². The lowest BCUT2D eigenvalue weighted by molar-refractivity contribution is 0.0974. The summed E-state index contributed by atoms with van der Waals surface area (Å²) in [5.41, 5.74) is 1.45. The first-order valence-electron chi connectivity index (χ1n) is 6.19. The number of ether oxygens (including phenoxy) is 1. The number of methoxy groups -OCH3 is 1. The minimum Gasteiger partial charge on any atom is -0.497 e. The molecule has 0 N–H and O–H groups in total. The van der Waals surface area contributed by atoms with Gasteiger partial charge in [-0.05, 0) is 30.3 Å². The molecule has 0 saturated heterocycles. The number of carbonyl (C=O) groups is 1. The molecule has 0 saturated carbocycles. The lowest BCUT2D eigenvalue weighted by Crippen LogP contribution is -2.09. The fourth-order valence-corrected chi connectivity index (χ4v) is 3.71. The Hall–Kier alpha value is -1.49. The Kier molecular flexibility index (Phi) is 3.93. The van der Waals surface area contributed by atoms with Crippen molar-refractivity contribution in [3.05, 3.63) is 50.8 Å². The van der Waals surface area contributed by atoms with Gasteiger partial charge in [0.05, 0.1) is 23.6 Å². The summed E-state index contributed by atoms with van der Waals surface area (Å²) in [6.07, 6.45) is 1.88. The van der Waals surface area contributed by atoms with Gasteiger partial charge < -0.3 is 9.30 Å². The summed E-state index contributed by atoms with van der Waals surface area (Å²) in [6.45, 7) is 0.225. The monoisotopic (exact) mass is 339 g/mol. The van der Waals surface area contributed by atoms with Crippen LogP contribution >= 0.6 is 34.5 Å². The van der Waals surface area contributed by atoms with E-state index < -0.39 is 0 Å². The van der Waals surface area contributed by atoms with Crippen LogP contribution in [0.5, 0.6) is 5.75 Å². The van der Waals surface area contributed by atoms with E-state index in [9.17, 15) is 4.79 Å². The van der Waals surface area contributed by atoms with Gasteiger partial charge in [0.1, 0.15) is 10.1 Å². The number of hydrogen-bond donors (Lipinski definition) is 0. The molecule has 0 unspecified atom stereocenters. The Morgan fingerprint density at radius 2 is 2.10 bits per heavy atom. The summed E-state index contributed by atoms with van der Waals surface area (Å²) in [5.74, 6) is 0.732. The first-order valence-corrected chi connectivity index (χ1v) is 7.76. The van der Waals surface area contributed by atoms with E-state index in [4.69, 9.17) is 27.9 Å². The van der Waals surface area contributed by atoms with Crippen molar-refractivity contribution < 1.29 is 9.53 Å². The summed E-state index contributed by atoms with van der Waals surface area (Å²) < 4.78 is 8.03. The molecule has 0 aliphatic rings. The first kappa shape index (κ1) is 14.4. The quantitative estimate of drug-likeness (QED) is 0.633. The maximum Gasteiger partial charge on any atom is 0.184 e. The Bertz CT molecular complexity index is 822. The number of fused-ring (bicyclic) bond motifs is 1. The fraction of sp³-hybridized carbons (Fsp3) is 0.133. The molecular formula is C15H11Cl2NO2S. The molecule has 21 heavy (non-hydrogen) atoms. The van der Waals surface area contributed by atoms with Crippen molar-refractivity contribution in [2.45, 2.75) is 6.54 Å². The van der Waals surface area contributed by atoms with E-state index in [0.717, 1.165) is 16.7 Å². The van der Waals surface area contributed by atoms with Crippen molar-refractivity contribution in [2.75, 3.05) is 7.11 Å². The highest BCUT2D eigenvalue weighted by molar-refractivity contribution is 7.20. The number of Topliss-reactive ketones (excluding diaryl/α,β-unsaturated/α-hetero) is 1. The maximum atomic E-state index is 12.3. The maximum absolute atomic E-state index is 12.3. The number of aromatic nitrogens is 1. The van der Waals surface area contributed by atoms with Gasteiger partial charge in [-0.1, -0.05) is 23.2 Å². The molecule has 3 rings (SSSR count). The molecule has 3 nitrogen and oxygen atoms in total. The molecule has 0 radical (unpaired) electrons. The van der Waals surface area contributed by atoms with Crippen molar-refractivity contribution in [1.82, 2.24) is 4.57 Å². The van der Waals surface area contributed by atoms with E-state index in [-0.39, 0.29) is 12.3 Å². The molecule has 0 fully saturated rings. The third-order valence-electron chi connectivity index (χ3n) is 3.25.